The summed E-state index contributed by atoms with van der Waals surface area (Å²) in [6.07, 6.45) is 3.26. The Kier molecular flexibility index (Phi) is 4.44. The van der Waals surface area contributed by atoms with Crippen LogP contribution in [0.15, 0.2) is 47.7 Å². The second-order valence-electron chi connectivity index (χ2n) is 4.54. The topological polar surface area (TPSA) is 101 Å². The van der Waals surface area contributed by atoms with Crippen molar-refractivity contribution >= 4 is 23.7 Å². The Balaban J connectivity index is 1.60. The maximum absolute atomic E-state index is 11.8. The molecule has 0 spiro atoms. The minimum atomic E-state index is -0.365. The van der Waals surface area contributed by atoms with Gasteiger partial charge in [0.15, 0.2) is 0 Å². The first-order valence-electron chi connectivity index (χ1n) is 6.70. The molecule has 2 N–H and O–H groups in total. The van der Waals surface area contributed by atoms with Crippen molar-refractivity contribution in [1.29, 1.82) is 0 Å². The number of halogens is 1. The molecule has 2 aromatic heterocycles. The summed E-state index contributed by atoms with van der Waals surface area (Å²) in [5, 5.41) is 16.2. The third-order valence-electron chi connectivity index (χ3n) is 2.87. The van der Waals surface area contributed by atoms with Crippen LogP contribution in [0.1, 0.15) is 5.69 Å². The minimum absolute atomic E-state index is 0.0977. The molecule has 0 bridgehead atoms. The van der Waals surface area contributed by atoms with Gasteiger partial charge in [0, 0.05) is 11.8 Å². The van der Waals surface area contributed by atoms with Crippen molar-refractivity contribution in [3.63, 3.8) is 0 Å². The second kappa shape index (κ2) is 6.84. The van der Waals surface area contributed by atoms with Gasteiger partial charge in [-0.25, -0.2) is 5.43 Å². The van der Waals surface area contributed by atoms with Gasteiger partial charge in [-0.2, -0.15) is 9.90 Å². The Morgan fingerprint density at radius 1 is 1.35 bits per heavy atom. The lowest BCUT2D eigenvalue weighted by Gasteiger charge is -1.98. The summed E-state index contributed by atoms with van der Waals surface area (Å²) in [5.74, 6) is -0.00537. The number of aromatic nitrogens is 5. The van der Waals surface area contributed by atoms with Crippen LogP contribution in [0.4, 0.5) is 0 Å². The molecule has 8 nitrogen and oxygen atoms in total. The molecule has 0 aliphatic carbocycles. The molecule has 0 saturated carbocycles. The average Bonchev–Trinajstić information content (AvgIpc) is 3.20. The van der Waals surface area contributed by atoms with Crippen molar-refractivity contribution in [3.8, 4) is 11.4 Å². The fourth-order valence-corrected chi connectivity index (χ4v) is 2.04. The van der Waals surface area contributed by atoms with Crippen molar-refractivity contribution in [3.05, 3.63) is 53.3 Å². The lowest BCUT2D eigenvalue weighted by Crippen LogP contribution is -2.24. The second-order valence-corrected chi connectivity index (χ2v) is 4.95. The molecule has 0 atom stereocenters. The van der Waals surface area contributed by atoms with E-state index in [0.29, 0.717) is 16.4 Å². The molecule has 0 aliphatic rings. The fraction of sp³-hybridized carbons (Fsp3) is 0.0714. The van der Waals surface area contributed by atoms with Gasteiger partial charge < -0.3 is 4.98 Å². The molecular weight excluding hydrogens is 318 g/mol. The highest BCUT2D eigenvalue weighted by Crippen LogP contribution is 2.23. The lowest BCUT2D eigenvalue weighted by atomic mass is 10.2. The highest BCUT2D eigenvalue weighted by atomic mass is 35.5. The van der Waals surface area contributed by atoms with Crippen LogP contribution in [0.5, 0.6) is 0 Å². The Bertz CT molecular complexity index is 825. The van der Waals surface area contributed by atoms with Gasteiger partial charge in [0.1, 0.15) is 6.54 Å². The predicted octanol–water partition coefficient (Wildman–Crippen LogP) is 1.47. The van der Waals surface area contributed by atoms with Crippen LogP contribution in [0.25, 0.3) is 11.4 Å². The van der Waals surface area contributed by atoms with Gasteiger partial charge in [0.2, 0.25) is 5.82 Å². The van der Waals surface area contributed by atoms with Crippen molar-refractivity contribution in [2.75, 3.05) is 0 Å². The first-order chi connectivity index (χ1) is 11.2. The first kappa shape index (κ1) is 14.9. The zero-order valence-corrected chi connectivity index (χ0v) is 12.6. The standard InChI is InChI=1S/C14H12ClN7O/c15-12-6-2-1-5-11(12)14-19-21-22(20-14)9-13(23)18-17-8-10-4-3-7-16-10/h1-8,16H,9H2,(H,18,23)/b17-8+. The molecule has 1 amide bonds. The van der Waals surface area contributed by atoms with Gasteiger partial charge in [-0.1, -0.05) is 23.7 Å². The number of hydrogen-bond acceptors (Lipinski definition) is 5. The summed E-state index contributed by atoms with van der Waals surface area (Å²) >= 11 is 6.07. The minimum Gasteiger partial charge on any atom is -0.360 e. The van der Waals surface area contributed by atoms with Crippen LogP contribution in [0.2, 0.25) is 5.02 Å². The van der Waals surface area contributed by atoms with Gasteiger partial charge in [0.25, 0.3) is 5.91 Å². The molecule has 0 radical (unpaired) electrons. The van der Waals surface area contributed by atoms with Gasteiger partial charge in [-0.15, -0.1) is 10.2 Å². The Morgan fingerprint density at radius 2 is 2.22 bits per heavy atom. The Labute approximate surface area is 136 Å². The molecular formula is C14H12ClN7O. The number of rotatable bonds is 5. The van der Waals surface area contributed by atoms with E-state index in [4.69, 9.17) is 11.6 Å². The van der Waals surface area contributed by atoms with Crippen molar-refractivity contribution in [2.45, 2.75) is 6.54 Å². The van der Waals surface area contributed by atoms with E-state index >= 15 is 0 Å². The van der Waals surface area contributed by atoms with Crippen LogP contribution in [0.3, 0.4) is 0 Å². The summed E-state index contributed by atoms with van der Waals surface area (Å²) in [5.41, 5.74) is 3.83. The van der Waals surface area contributed by atoms with E-state index in [9.17, 15) is 4.79 Å². The monoisotopic (exact) mass is 329 g/mol. The quantitative estimate of drug-likeness (QED) is 0.546. The number of hydrogen-bond donors (Lipinski definition) is 2. The normalized spacial score (nSPS) is 11.0. The third-order valence-corrected chi connectivity index (χ3v) is 3.20. The van der Waals surface area contributed by atoms with E-state index in [1.807, 2.05) is 24.3 Å². The number of nitrogens with one attached hydrogen (secondary N) is 2. The zero-order valence-electron chi connectivity index (χ0n) is 11.8. The lowest BCUT2D eigenvalue weighted by molar-refractivity contribution is -0.122. The number of amides is 1. The molecule has 9 heteroatoms. The molecule has 0 saturated heterocycles. The Hall–Kier alpha value is -3.00. The van der Waals surface area contributed by atoms with E-state index in [0.717, 1.165) is 5.69 Å². The molecule has 0 unspecified atom stereocenters. The number of nitrogens with zero attached hydrogens (tertiary/aromatic N) is 5. The summed E-state index contributed by atoms with van der Waals surface area (Å²) in [7, 11) is 0. The molecule has 3 rings (SSSR count). The zero-order chi connectivity index (χ0) is 16.1. The largest absolute Gasteiger partial charge is 0.360 e. The van der Waals surface area contributed by atoms with E-state index in [-0.39, 0.29) is 12.5 Å². The van der Waals surface area contributed by atoms with E-state index < -0.39 is 0 Å². The number of carbonyl (C=O) groups excluding carboxylic acids is 1. The molecule has 0 aliphatic heterocycles. The number of tetrazole rings is 1. The molecule has 3 aromatic rings. The first-order valence-corrected chi connectivity index (χ1v) is 7.08. The summed E-state index contributed by atoms with van der Waals surface area (Å²) in [6.45, 7) is -0.0977. The number of aromatic amines is 1. The van der Waals surface area contributed by atoms with E-state index in [1.165, 1.54) is 11.0 Å². The fourth-order valence-electron chi connectivity index (χ4n) is 1.82. The van der Waals surface area contributed by atoms with Gasteiger partial charge in [0.05, 0.1) is 16.9 Å². The smallest absolute Gasteiger partial charge is 0.263 e. The summed E-state index contributed by atoms with van der Waals surface area (Å²) < 4.78 is 0. The third kappa shape index (κ3) is 3.80. The van der Waals surface area contributed by atoms with E-state index in [1.54, 1.807) is 18.3 Å². The van der Waals surface area contributed by atoms with E-state index in [2.05, 4.69) is 30.9 Å². The van der Waals surface area contributed by atoms with Gasteiger partial charge in [-0.3, -0.25) is 4.79 Å². The molecule has 116 valence electrons. The van der Waals surface area contributed by atoms with Crippen LogP contribution >= 0.6 is 11.6 Å². The van der Waals surface area contributed by atoms with Gasteiger partial charge >= 0.3 is 0 Å². The van der Waals surface area contributed by atoms with Crippen LogP contribution in [0, 0.1) is 0 Å². The molecule has 23 heavy (non-hydrogen) atoms. The maximum Gasteiger partial charge on any atom is 0.263 e. The number of carbonyl (C=O) groups is 1. The Morgan fingerprint density at radius 3 is 3.00 bits per heavy atom. The molecule has 2 heterocycles. The predicted molar refractivity (Wildman–Crippen MR) is 84.8 cm³/mol. The van der Waals surface area contributed by atoms with Crippen LogP contribution < -0.4 is 5.43 Å². The number of benzene rings is 1. The van der Waals surface area contributed by atoms with Crippen molar-refractivity contribution in [1.82, 2.24) is 30.6 Å². The maximum atomic E-state index is 11.8. The van der Waals surface area contributed by atoms with Crippen LogP contribution in [-0.2, 0) is 11.3 Å². The SMILES string of the molecule is O=C(Cn1nnc(-c2ccccc2Cl)n1)N/N=C/c1ccc[nH]1. The van der Waals surface area contributed by atoms with Crippen molar-refractivity contribution in [2.24, 2.45) is 5.10 Å². The summed E-state index contributed by atoms with van der Waals surface area (Å²) in [6, 6.07) is 10.8. The van der Waals surface area contributed by atoms with Crippen LogP contribution in [-0.4, -0.2) is 37.3 Å². The number of H-pyrrole nitrogens is 1. The highest BCUT2D eigenvalue weighted by molar-refractivity contribution is 6.33. The number of hydrazone groups is 1. The highest BCUT2D eigenvalue weighted by Gasteiger charge is 2.11. The average molecular weight is 330 g/mol. The molecule has 0 fully saturated rings. The summed E-state index contributed by atoms with van der Waals surface area (Å²) in [4.78, 5) is 15.9. The van der Waals surface area contributed by atoms with Crippen molar-refractivity contribution < 1.29 is 4.79 Å². The molecule has 1 aromatic carbocycles. The van der Waals surface area contributed by atoms with Gasteiger partial charge in [-0.05, 0) is 29.5 Å².